The maximum Gasteiger partial charge on any atom is 0.250 e. The molecule has 2 aliphatic heterocycles. The van der Waals surface area contributed by atoms with Crippen LogP contribution in [0.5, 0.6) is 0 Å². The van der Waals surface area contributed by atoms with E-state index in [1.807, 2.05) is 24.5 Å². The van der Waals surface area contributed by atoms with Gasteiger partial charge in [0.2, 0.25) is 11.8 Å². The fourth-order valence-electron chi connectivity index (χ4n) is 6.72. The van der Waals surface area contributed by atoms with Gasteiger partial charge in [0.25, 0.3) is 0 Å². The van der Waals surface area contributed by atoms with E-state index in [2.05, 4.69) is 32.6 Å². The number of anilines is 1. The van der Waals surface area contributed by atoms with E-state index in [0.717, 1.165) is 106 Å². The number of aryl methyl sites for hydroxylation is 4. The Hall–Kier alpha value is -3.54. The van der Waals surface area contributed by atoms with Crippen molar-refractivity contribution in [1.82, 2.24) is 25.1 Å². The third kappa shape index (κ3) is 4.97. The van der Waals surface area contributed by atoms with Crippen LogP contribution in [-0.4, -0.2) is 48.3 Å². The lowest BCUT2D eigenvalue weighted by Gasteiger charge is -2.22. The summed E-state index contributed by atoms with van der Waals surface area (Å²) >= 11 is 1.67. The molecule has 1 aliphatic carbocycles. The van der Waals surface area contributed by atoms with Crippen molar-refractivity contribution in [3.8, 4) is 21.9 Å². The van der Waals surface area contributed by atoms with Crippen molar-refractivity contribution in [1.29, 1.82) is 0 Å². The van der Waals surface area contributed by atoms with Gasteiger partial charge in [0.05, 0.1) is 43.4 Å². The van der Waals surface area contributed by atoms with E-state index in [1.54, 1.807) is 18.3 Å². The maximum absolute atomic E-state index is 13.6. The highest BCUT2D eigenvalue weighted by atomic mass is 32.2. The molecule has 2 unspecified atom stereocenters. The number of pyridine rings is 3. The smallest absolute Gasteiger partial charge is 0.250 e. The van der Waals surface area contributed by atoms with Crippen molar-refractivity contribution in [3.63, 3.8) is 0 Å². The summed E-state index contributed by atoms with van der Waals surface area (Å²) in [6.45, 7) is 3.44. The summed E-state index contributed by atoms with van der Waals surface area (Å²) in [5, 5.41) is 13.5. The van der Waals surface area contributed by atoms with Crippen LogP contribution in [-0.2, 0) is 34.8 Å². The molecule has 5 aromatic heterocycles. The van der Waals surface area contributed by atoms with E-state index in [4.69, 9.17) is 19.1 Å². The zero-order valence-electron chi connectivity index (χ0n) is 24.0. The first kappa shape index (κ1) is 27.0. The van der Waals surface area contributed by atoms with Crippen LogP contribution in [0, 0.1) is 12.8 Å². The maximum atomic E-state index is 13.6. The summed E-state index contributed by atoms with van der Waals surface area (Å²) < 4.78 is 26.3. The fraction of sp³-hybridized carbons (Fsp3) is 0.406. The molecule has 1 N–H and O–H groups in total. The number of nitrogens with one attached hydrogen (secondary N) is 1. The van der Waals surface area contributed by atoms with E-state index in [9.17, 15) is 4.21 Å². The molecular weight excluding hydrogens is 581 g/mol. The van der Waals surface area contributed by atoms with Gasteiger partial charge in [0.15, 0.2) is 0 Å². The Morgan fingerprint density at radius 1 is 1.05 bits per heavy atom. The lowest BCUT2D eigenvalue weighted by molar-refractivity contribution is 0.0639. The first-order chi connectivity index (χ1) is 21.1. The molecule has 9 nitrogen and oxygen atoms in total. The highest BCUT2D eigenvalue weighted by Crippen LogP contribution is 2.47. The molecule has 0 saturated carbocycles. The normalized spacial score (nSPS) is 20.0. The predicted octanol–water partition coefficient (Wildman–Crippen LogP) is 6.23. The minimum Gasteiger partial charge on any atom is -0.421 e. The molecule has 0 bridgehead atoms. The van der Waals surface area contributed by atoms with Gasteiger partial charge in [-0.2, -0.15) is 0 Å². The highest BCUT2D eigenvalue weighted by molar-refractivity contribution is 7.85. The molecule has 0 aromatic carbocycles. The minimum atomic E-state index is -1.16. The van der Waals surface area contributed by atoms with Gasteiger partial charge in [-0.1, -0.05) is 6.07 Å². The third-order valence-corrected chi connectivity index (χ3v) is 11.5. The van der Waals surface area contributed by atoms with Crippen LogP contribution in [0.3, 0.4) is 0 Å². The van der Waals surface area contributed by atoms with Crippen LogP contribution in [0.25, 0.3) is 32.0 Å². The second kappa shape index (κ2) is 11.2. The molecule has 7 heterocycles. The van der Waals surface area contributed by atoms with Crippen LogP contribution in [0.15, 0.2) is 46.0 Å². The van der Waals surface area contributed by atoms with Crippen molar-refractivity contribution in [3.05, 3.63) is 65.2 Å². The second-order valence-electron chi connectivity index (χ2n) is 11.6. The van der Waals surface area contributed by atoms with Crippen LogP contribution in [0.4, 0.5) is 5.82 Å². The Bertz CT molecular complexity index is 1860. The number of thiophene rings is 1. The van der Waals surface area contributed by atoms with Gasteiger partial charge in [-0.3, -0.25) is 14.2 Å². The summed E-state index contributed by atoms with van der Waals surface area (Å²) in [6.07, 6.45) is 10.3. The van der Waals surface area contributed by atoms with Gasteiger partial charge in [0, 0.05) is 60.8 Å². The summed E-state index contributed by atoms with van der Waals surface area (Å²) in [7, 11) is -1.16. The average molecular weight is 613 g/mol. The number of fused-ring (bicyclic) bond motifs is 3. The number of nitrogens with zero attached hydrogens (tertiary/aromatic N) is 5. The molecule has 2 atom stereocenters. The van der Waals surface area contributed by atoms with Crippen LogP contribution in [0.2, 0.25) is 0 Å². The first-order valence-corrected chi connectivity index (χ1v) is 17.2. The van der Waals surface area contributed by atoms with Gasteiger partial charge in [-0.05, 0) is 73.6 Å². The lowest BCUT2D eigenvalue weighted by atomic mass is 9.91. The molecule has 5 aromatic rings. The zero-order valence-corrected chi connectivity index (χ0v) is 25.6. The number of ether oxygens (including phenoxy) is 1. The zero-order chi connectivity index (χ0) is 28.9. The topological polar surface area (TPSA) is 116 Å². The summed E-state index contributed by atoms with van der Waals surface area (Å²) in [6, 6.07) is 8.56. The standard InChI is InChI=1S/C32H32N6O3S2/c1-18-37-38-32(41-18)27-24(5-4-19-9-14-40-15-10-19)35-25-11-16-43(39)30(25)28(27)26-17-20-8-13-34-31(29(20)42-26)36-23-7-6-22-21(23)3-2-12-33-22/h2-3,8,12-13,17,19,23H,4-7,9-11,14-16H2,1H3,(H,34,36). The van der Waals surface area contributed by atoms with Gasteiger partial charge in [0.1, 0.15) is 5.82 Å². The van der Waals surface area contributed by atoms with Gasteiger partial charge < -0.3 is 14.5 Å². The Balaban J connectivity index is 1.25. The van der Waals surface area contributed by atoms with Crippen LogP contribution >= 0.6 is 11.3 Å². The SMILES string of the molecule is Cc1nnc(-c2c(CCC3CCOCC3)nc3c(c2-c2cc4ccnc(NC5CCc6ncccc65)c4s2)S(=O)CC3)o1. The third-order valence-electron chi connectivity index (χ3n) is 8.88. The molecule has 0 amide bonds. The first-order valence-electron chi connectivity index (χ1n) is 15.0. The van der Waals surface area contributed by atoms with E-state index in [1.165, 1.54) is 5.56 Å². The molecule has 0 radical (unpaired) electrons. The van der Waals surface area contributed by atoms with E-state index >= 15 is 0 Å². The van der Waals surface area contributed by atoms with E-state index < -0.39 is 10.8 Å². The minimum absolute atomic E-state index is 0.166. The Kier molecular flexibility index (Phi) is 7.03. The molecule has 1 saturated heterocycles. The average Bonchev–Trinajstić information content (AvgIpc) is 3.83. The highest BCUT2D eigenvalue weighted by Gasteiger charge is 2.33. The number of aromatic nitrogens is 5. The summed E-state index contributed by atoms with van der Waals surface area (Å²) in [4.78, 5) is 16.3. The Labute approximate surface area is 256 Å². The Morgan fingerprint density at radius 2 is 1.95 bits per heavy atom. The van der Waals surface area contributed by atoms with Crippen molar-refractivity contribution in [2.75, 3.05) is 24.3 Å². The molecule has 3 aliphatic rings. The number of hydrogen-bond acceptors (Lipinski definition) is 10. The summed E-state index contributed by atoms with van der Waals surface area (Å²) in [5.41, 5.74) is 6.02. The van der Waals surface area contributed by atoms with Crippen LogP contribution in [0.1, 0.15) is 60.3 Å². The van der Waals surface area contributed by atoms with Crippen molar-refractivity contribution < 1.29 is 13.4 Å². The molecule has 0 spiro atoms. The largest absolute Gasteiger partial charge is 0.421 e. The van der Waals surface area contributed by atoms with Crippen molar-refractivity contribution >= 4 is 38.0 Å². The predicted molar refractivity (Wildman–Crippen MR) is 167 cm³/mol. The van der Waals surface area contributed by atoms with Crippen molar-refractivity contribution in [2.24, 2.45) is 5.92 Å². The van der Waals surface area contributed by atoms with E-state index in [0.29, 0.717) is 29.9 Å². The Morgan fingerprint density at radius 3 is 2.81 bits per heavy atom. The van der Waals surface area contributed by atoms with Crippen molar-refractivity contribution in [2.45, 2.75) is 62.8 Å². The van der Waals surface area contributed by atoms with Gasteiger partial charge in [-0.25, -0.2) is 4.98 Å². The number of rotatable bonds is 7. The molecule has 11 heteroatoms. The molecule has 1 fully saturated rings. The molecule has 8 rings (SSSR count). The van der Waals surface area contributed by atoms with E-state index in [-0.39, 0.29) is 6.04 Å². The van der Waals surface area contributed by atoms with Gasteiger partial charge >= 0.3 is 0 Å². The quantitative estimate of drug-likeness (QED) is 0.228. The lowest BCUT2D eigenvalue weighted by Crippen LogP contribution is -2.16. The summed E-state index contributed by atoms with van der Waals surface area (Å²) in [5.74, 6) is 2.97. The van der Waals surface area contributed by atoms with Gasteiger partial charge in [-0.15, -0.1) is 21.5 Å². The molecule has 43 heavy (non-hydrogen) atoms. The second-order valence-corrected chi connectivity index (χ2v) is 14.1. The van der Waals surface area contributed by atoms with Crippen LogP contribution < -0.4 is 5.32 Å². The molecular formula is C32H32N6O3S2. The monoisotopic (exact) mass is 612 g/mol. The molecule has 220 valence electrons. The fourth-order valence-corrected chi connectivity index (χ4v) is 9.38. The number of hydrogen-bond donors (Lipinski definition) is 1.